The molecular formula is C16H15F3N2O2S. The molecule has 0 spiro atoms. The summed E-state index contributed by atoms with van der Waals surface area (Å²) in [5.41, 5.74) is 0.584. The Labute approximate surface area is 140 Å². The smallest absolute Gasteiger partial charge is 0.406 e. The molecule has 1 aromatic heterocycles. The maximum Gasteiger partial charge on any atom is 0.573 e. The zero-order chi connectivity index (χ0) is 17.2. The molecule has 1 aliphatic rings. The van der Waals surface area contributed by atoms with Crippen LogP contribution in [-0.4, -0.2) is 43.3 Å². The summed E-state index contributed by atoms with van der Waals surface area (Å²) in [4.78, 5) is 15.5. The second-order valence-electron chi connectivity index (χ2n) is 5.28. The Kier molecular flexibility index (Phi) is 4.77. The first-order valence-electron chi connectivity index (χ1n) is 7.38. The van der Waals surface area contributed by atoms with Gasteiger partial charge >= 0.3 is 6.36 Å². The largest absolute Gasteiger partial charge is 0.573 e. The lowest BCUT2D eigenvalue weighted by Crippen LogP contribution is -2.46. The second-order valence-corrected chi connectivity index (χ2v) is 6.37. The van der Waals surface area contributed by atoms with Gasteiger partial charge < -0.3 is 15.0 Å². The van der Waals surface area contributed by atoms with Crippen molar-refractivity contribution in [2.75, 3.05) is 26.2 Å². The van der Waals surface area contributed by atoms with Crippen LogP contribution in [0.3, 0.4) is 0 Å². The lowest BCUT2D eigenvalue weighted by Gasteiger charge is -2.26. The van der Waals surface area contributed by atoms with Crippen LogP contribution in [0, 0.1) is 0 Å². The maximum absolute atomic E-state index is 12.4. The number of halogens is 3. The Hall–Kier alpha value is -2.06. The number of benzene rings is 1. The van der Waals surface area contributed by atoms with Crippen LogP contribution >= 0.6 is 11.3 Å². The summed E-state index contributed by atoms with van der Waals surface area (Å²) in [6.45, 7) is 2.84. The molecule has 1 saturated heterocycles. The van der Waals surface area contributed by atoms with Crippen molar-refractivity contribution in [3.05, 3.63) is 41.3 Å². The van der Waals surface area contributed by atoms with Crippen molar-refractivity contribution in [1.82, 2.24) is 10.2 Å². The van der Waals surface area contributed by atoms with Crippen LogP contribution in [0.5, 0.6) is 5.75 Å². The van der Waals surface area contributed by atoms with E-state index in [1.54, 1.807) is 23.1 Å². The fourth-order valence-electron chi connectivity index (χ4n) is 2.48. The van der Waals surface area contributed by atoms with Gasteiger partial charge in [-0.25, -0.2) is 0 Å². The van der Waals surface area contributed by atoms with Crippen LogP contribution in [0.2, 0.25) is 0 Å². The zero-order valence-electron chi connectivity index (χ0n) is 12.6. The molecule has 1 aromatic carbocycles. The molecular weight excluding hydrogens is 341 g/mol. The van der Waals surface area contributed by atoms with E-state index < -0.39 is 6.36 Å². The fourth-order valence-corrected chi connectivity index (χ4v) is 3.45. The van der Waals surface area contributed by atoms with Gasteiger partial charge in [-0.1, -0.05) is 12.1 Å². The Morgan fingerprint density at radius 1 is 1.17 bits per heavy atom. The maximum atomic E-state index is 12.4. The first-order valence-corrected chi connectivity index (χ1v) is 8.20. The van der Waals surface area contributed by atoms with Crippen LogP contribution in [0.4, 0.5) is 13.2 Å². The SMILES string of the molecule is O=C(c1ccc(-c2cccc(OC(F)(F)F)c2)s1)N1CCNCC1. The van der Waals surface area contributed by atoms with Crippen LogP contribution in [0.1, 0.15) is 9.67 Å². The number of rotatable bonds is 3. The average molecular weight is 356 g/mol. The molecule has 0 saturated carbocycles. The summed E-state index contributed by atoms with van der Waals surface area (Å²) in [5, 5.41) is 3.18. The van der Waals surface area contributed by atoms with Gasteiger partial charge in [0.1, 0.15) is 5.75 Å². The van der Waals surface area contributed by atoms with Crippen molar-refractivity contribution >= 4 is 17.2 Å². The third-order valence-corrected chi connectivity index (χ3v) is 4.70. The van der Waals surface area contributed by atoms with Crippen molar-refractivity contribution in [3.8, 4) is 16.2 Å². The summed E-state index contributed by atoms with van der Waals surface area (Å²) in [5.74, 6) is -0.321. The summed E-state index contributed by atoms with van der Waals surface area (Å²) in [7, 11) is 0. The molecule has 8 heteroatoms. The van der Waals surface area contributed by atoms with Crippen molar-refractivity contribution < 1.29 is 22.7 Å². The highest BCUT2D eigenvalue weighted by Gasteiger charge is 2.31. The Bertz CT molecular complexity index is 724. The van der Waals surface area contributed by atoms with E-state index in [1.165, 1.54) is 29.5 Å². The van der Waals surface area contributed by atoms with Gasteiger partial charge in [-0.15, -0.1) is 24.5 Å². The summed E-state index contributed by atoms with van der Waals surface area (Å²) in [6.07, 6.45) is -4.72. The molecule has 0 aliphatic carbocycles. The third kappa shape index (κ3) is 4.07. The summed E-state index contributed by atoms with van der Waals surface area (Å²) >= 11 is 1.27. The molecule has 2 heterocycles. The van der Waals surface area contributed by atoms with Crippen molar-refractivity contribution in [2.45, 2.75) is 6.36 Å². The number of nitrogens with zero attached hydrogens (tertiary/aromatic N) is 1. The molecule has 1 N–H and O–H groups in total. The highest BCUT2D eigenvalue weighted by atomic mass is 32.1. The molecule has 0 atom stereocenters. The monoisotopic (exact) mass is 356 g/mol. The molecule has 0 bridgehead atoms. The minimum atomic E-state index is -4.72. The lowest BCUT2D eigenvalue weighted by atomic mass is 10.2. The standard InChI is InChI=1S/C16H15F3N2O2S/c17-16(18,19)23-12-3-1-2-11(10-12)13-4-5-14(24-13)15(22)21-8-6-20-7-9-21/h1-5,10,20H,6-9H2. The first-order chi connectivity index (χ1) is 11.4. The normalized spacial score (nSPS) is 15.4. The number of carbonyl (C=O) groups excluding carboxylic acids is 1. The van der Waals surface area contributed by atoms with Gasteiger partial charge in [0.05, 0.1) is 4.88 Å². The minimum absolute atomic E-state index is 0.0459. The van der Waals surface area contributed by atoms with E-state index >= 15 is 0 Å². The number of amides is 1. The quantitative estimate of drug-likeness (QED) is 0.917. The van der Waals surface area contributed by atoms with Gasteiger partial charge in [0.15, 0.2) is 0 Å². The summed E-state index contributed by atoms with van der Waals surface area (Å²) in [6, 6.07) is 9.20. The van der Waals surface area contributed by atoms with Gasteiger partial charge in [0, 0.05) is 31.1 Å². The van der Waals surface area contributed by atoms with Crippen molar-refractivity contribution in [3.63, 3.8) is 0 Å². The molecule has 1 aliphatic heterocycles. The van der Waals surface area contributed by atoms with Gasteiger partial charge in [-0.2, -0.15) is 0 Å². The molecule has 0 unspecified atom stereocenters. The van der Waals surface area contributed by atoms with E-state index in [9.17, 15) is 18.0 Å². The number of hydrogen-bond acceptors (Lipinski definition) is 4. The lowest BCUT2D eigenvalue weighted by molar-refractivity contribution is -0.274. The molecule has 128 valence electrons. The number of thiophene rings is 1. The molecule has 1 fully saturated rings. The van der Waals surface area contributed by atoms with E-state index in [4.69, 9.17) is 0 Å². The molecule has 4 nitrogen and oxygen atoms in total. The van der Waals surface area contributed by atoms with Gasteiger partial charge in [0.25, 0.3) is 5.91 Å². The number of ether oxygens (including phenoxy) is 1. The van der Waals surface area contributed by atoms with Crippen LogP contribution in [0.25, 0.3) is 10.4 Å². The molecule has 1 amide bonds. The highest BCUT2D eigenvalue weighted by molar-refractivity contribution is 7.17. The second kappa shape index (κ2) is 6.82. The molecule has 3 rings (SSSR count). The average Bonchev–Trinajstić information content (AvgIpc) is 3.03. The Balaban J connectivity index is 1.78. The Morgan fingerprint density at radius 2 is 1.92 bits per heavy atom. The van der Waals surface area contributed by atoms with E-state index in [0.717, 1.165) is 18.0 Å². The number of carbonyl (C=O) groups is 1. The number of hydrogen-bond donors (Lipinski definition) is 1. The number of nitrogens with one attached hydrogen (secondary N) is 1. The summed E-state index contributed by atoms with van der Waals surface area (Å²) < 4.78 is 40.9. The van der Waals surface area contributed by atoms with Gasteiger partial charge in [-0.3, -0.25) is 4.79 Å². The van der Waals surface area contributed by atoms with E-state index in [1.807, 2.05) is 0 Å². The predicted octanol–water partition coefficient (Wildman–Crippen LogP) is 3.36. The van der Waals surface area contributed by atoms with Crippen LogP contribution in [0.15, 0.2) is 36.4 Å². The molecule has 24 heavy (non-hydrogen) atoms. The van der Waals surface area contributed by atoms with Gasteiger partial charge in [-0.05, 0) is 29.8 Å². The number of piperazine rings is 1. The van der Waals surface area contributed by atoms with E-state index in [-0.39, 0.29) is 11.7 Å². The fraction of sp³-hybridized carbons (Fsp3) is 0.312. The topological polar surface area (TPSA) is 41.6 Å². The third-order valence-electron chi connectivity index (χ3n) is 3.57. The first kappa shape index (κ1) is 16.8. The van der Waals surface area contributed by atoms with Crippen LogP contribution in [-0.2, 0) is 0 Å². The Morgan fingerprint density at radius 3 is 2.62 bits per heavy atom. The minimum Gasteiger partial charge on any atom is -0.406 e. The molecule has 2 aromatic rings. The van der Waals surface area contributed by atoms with Crippen molar-refractivity contribution in [2.24, 2.45) is 0 Å². The van der Waals surface area contributed by atoms with E-state index in [2.05, 4.69) is 10.1 Å². The highest BCUT2D eigenvalue weighted by Crippen LogP contribution is 2.32. The predicted molar refractivity (Wildman–Crippen MR) is 85.2 cm³/mol. The number of alkyl halides is 3. The van der Waals surface area contributed by atoms with E-state index in [0.29, 0.717) is 23.5 Å². The van der Waals surface area contributed by atoms with Crippen LogP contribution < -0.4 is 10.1 Å². The van der Waals surface area contributed by atoms with Gasteiger partial charge in [0.2, 0.25) is 0 Å². The van der Waals surface area contributed by atoms with Crippen molar-refractivity contribution in [1.29, 1.82) is 0 Å². The zero-order valence-corrected chi connectivity index (χ0v) is 13.4. The molecule has 0 radical (unpaired) electrons.